The van der Waals surface area contributed by atoms with Gasteiger partial charge in [-0.15, -0.1) is 6.58 Å². The summed E-state index contributed by atoms with van der Waals surface area (Å²) in [5, 5.41) is 19.9. The van der Waals surface area contributed by atoms with Crippen molar-refractivity contribution in [2.75, 3.05) is 6.61 Å². The lowest BCUT2D eigenvalue weighted by molar-refractivity contribution is -0.149. The Kier molecular flexibility index (Phi) is 7.58. The first kappa shape index (κ1) is 25.3. The van der Waals surface area contributed by atoms with Crippen molar-refractivity contribution in [2.45, 2.75) is 71.3 Å². The molecule has 2 aliphatic rings. The van der Waals surface area contributed by atoms with Crippen LogP contribution in [0, 0.1) is 22.7 Å². The van der Waals surface area contributed by atoms with Crippen LogP contribution in [-0.4, -0.2) is 28.4 Å². The monoisotopic (exact) mass is 452 g/mol. The highest BCUT2D eigenvalue weighted by atomic mass is 16.5. The number of hydrogen-bond acceptors (Lipinski definition) is 4. The second-order valence-electron chi connectivity index (χ2n) is 10.9. The first-order chi connectivity index (χ1) is 15.5. The van der Waals surface area contributed by atoms with E-state index in [9.17, 15) is 15.0 Å². The fourth-order valence-electron chi connectivity index (χ4n) is 6.36. The summed E-state index contributed by atoms with van der Waals surface area (Å²) in [5.74, 6) is 0.657. The number of esters is 1. The molecule has 33 heavy (non-hydrogen) atoms. The molecule has 0 radical (unpaired) electrons. The fourth-order valence-corrected chi connectivity index (χ4v) is 6.36. The normalized spacial score (nSPS) is 31.6. The lowest BCUT2D eigenvalue weighted by Crippen LogP contribution is -2.52. The van der Waals surface area contributed by atoms with Gasteiger partial charge in [-0.2, -0.15) is 0 Å². The molecule has 0 bridgehead atoms. The molecule has 0 unspecified atom stereocenters. The molecular weight excluding hydrogens is 412 g/mol. The SMILES string of the molecule is C=C[C@](C)(O)CC[C@H]1C(=C)CC[C@H]2[C@@](C)(COC(=O)/C=C\c3ccc(O)cc3)CCC[C@]12C. The van der Waals surface area contributed by atoms with Crippen LogP contribution in [0.25, 0.3) is 6.08 Å². The van der Waals surface area contributed by atoms with Gasteiger partial charge in [0.1, 0.15) is 5.75 Å². The van der Waals surface area contributed by atoms with Crippen LogP contribution in [0.4, 0.5) is 0 Å². The van der Waals surface area contributed by atoms with Crippen molar-refractivity contribution >= 4 is 12.0 Å². The van der Waals surface area contributed by atoms with Crippen LogP contribution in [0.5, 0.6) is 5.75 Å². The summed E-state index contributed by atoms with van der Waals surface area (Å²) in [6.07, 6.45) is 11.7. The van der Waals surface area contributed by atoms with E-state index in [0.29, 0.717) is 24.9 Å². The predicted molar refractivity (Wildman–Crippen MR) is 134 cm³/mol. The van der Waals surface area contributed by atoms with Crippen LogP contribution in [0.1, 0.15) is 71.3 Å². The zero-order valence-electron chi connectivity index (χ0n) is 20.5. The van der Waals surface area contributed by atoms with Crippen molar-refractivity contribution in [1.82, 2.24) is 0 Å². The number of carbonyl (C=O) groups excluding carboxylic acids is 1. The highest BCUT2D eigenvalue weighted by Gasteiger charge is 2.54. The van der Waals surface area contributed by atoms with Crippen LogP contribution >= 0.6 is 0 Å². The molecule has 0 aromatic heterocycles. The predicted octanol–water partition coefficient (Wildman–Crippen LogP) is 6.44. The van der Waals surface area contributed by atoms with Crippen molar-refractivity contribution in [3.05, 3.63) is 60.7 Å². The molecule has 180 valence electrons. The van der Waals surface area contributed by atoms with E-state index in [4.69, 9.17) is 4.74 Å². The Labute approximate surface area is 199 Å². The molecule has 0 amide bonds. The van der Waals surface area contributed by atoms with Crippen LogP contribution in [0.3, 0.4) is 0 Å². The molecule has 0 saturated heterocycles. The molecule has 2 saturated carbocycles. The number of benzene rings is 1. The maximum atomic E-state index is 12.5. The molecular formula is C29H40O4. The number of phenols is 1. The summed E-state index contributed by atoms with van der Waals surface area (Å²) >= 11 is 0. The topological polar surface area (TPSA) is 66.8 Å². The average molecular weight is 453 g/mol. The molecule has 5 atom stereocenters. The van der Waals surface area contributed by atoms with Crippen LogP contribution < -0.4 is 0 Å². The third-order valence-electron chi connectivity index (χ3n) is 8.37. The van der Waals surface area contributed by atoms with Gasteiger partial charge in [0.05, 0.1) is 12.2 Å². The molecule has 1 aromatic rings. The van der Waals surface area contributed by atoms with E-state index in [1.165, 1.54) is 11.6 Å². The van der Waals surface area contributed by atoms with Gasteiger partial charge in [0.25, 0.3) is 0 Å². The maximum absolute atomic E-state index is 12.5. The van der Waals surface area contributed by atoms with Crippen molar-refractivity contribution < 1.29 is 19.7 Å². The van der Waals surface area contributed by atoms with E-state index in [2.05, 4.69) is 27.0 Å². The standard InChI is InChI=1S/C29H40O4/c1-6-28(4,32)19-16-24-21(2)8-14-25-27(3,17-7-18-29(24,25)5)20-33-26(31)15-11-22-9-12-23(30)13-10-22/h6,9-13,15,24-25,30,32H,1-2,7-8,14,16-20H2,3-5H3/b15-11-/t24-,25-,27+,28-,29+/m0/s1. The molecule has 0 spiro atoms. The Morgan fingerprint density at radius 1 is 1.27 bits per heavy atom. The number of allylic oxidation sites excluding steroid dienone is 1. The van der Waals surface area contributed by atoms with Gasteiger partial charge in [-0.3, -0.25) is 0 Å². The summed E-state index contributed by atoms with van der Waals surface area (Å²) in [5.41, 5.74) is 1.29. The lowest BCUT2D eigenvalue weighted by Gasteiger charge is -2.58. The van der Waals surface area contributed by atoms with E-state index in [0.717, 1.165) is 44.1 Å². The smallest absolute Gasteiger partial charge is 0.330 e. The number of phenolic OH excluding ortho intramolecular Hbond substituents is 1. The van der Waals surface area contributed by atoms with Gasteiger partial charge in [0.2, 0.25) is 0 Å². The molecule has 0 heterocycles. The third-order valence-corrected chi connectivity index (χ3v) is 8.37. The van der Waals surface area contributed by atoms with Gasteiger partial charge in [-0.05, 0) is 86.5 Å². The summed E-state index contributed by atoms with van der Waals surface area (Å²) in [6, 6.07) is 6.70. The second-order valence-corrected chi connectivity index (χ2v) is 10.9. The Morgan fingerprint density at radius 2 is 1.97 bits per heavy atom. The fraction of sp³-hybridized carbons (Fsp3) is 0.552. The van der Waals surface area contributed by atoms with Crippen molar-refractivity contribution in [3.63, 3.8) is 0 Å². The molecule has 2 fully saturated rings. The Morgan fingerprint density at radius 3 is 2.64 bits per heavy atom. The van der Waals surface area contributed by atoms with Gasteiger partial charge < -0.3 is 14.9 Å². The third kappa shape index (κ3) is 5.78. The summed E-state index contributed by atoms with van der Waals surface area (Å²) in [7, 11) is 0. The van der Waals surface area contributed by atoms with Gasteiger partial charge in [-0.25, -0.2) is 4.79 Å². The molecule has 1 aromatic carbocycles. The minimum atomic E-state index is -0.860. The maximum Gasteiger partial charge on any atom is 0.330 e. The molecule has 2 N–H and O–H groups in total. The molecule has 4 nitrogen and oxygen atoms in total. The van der Waals surface area contributed by atoms with Gasteiger partial charge in [0.15, 0.2) is 0 Å². The Balaban J connectivity index is 1.68. The molecule has 4 heteroatoms. The van der Waals surface area contributed by atoms with Crippen LogP contribution in [-0.2, 0) is 9.53 Å². The van der Waals surface area contributed by atoms with E-state index in [1.807, 2.05) is 6.92 Å². The minimum absolute atomic E-state index is 0.0745. The Bertz CT molecular complexity index is 897. The number of ether oxygens (including phenoxy) is 1. The van der Waals surface area contributed by atoms with E-state index < -0.39 is 5.60 Å². The number of hydrogen-bond donors (Lipinski definition) is 2. The Hall–Kier alpha value is -2.33. The van der Waals surface area contributed by atoms with Crippen LogP contribution in [0.2, 0.25) is 0 Å². The summed E-state index contributed by atoms with van der Waals surface area (Å²) in [4.78, 5) is 12.5. The highest BCUT2D eigenvalue weighted by molar-refractivity contribution is 5.87. The molecule has 3 rings (SSSR count). The largest absolute Gasteiger partial charge is 0.508 e. The number of aliphatic hydroxyl groups is 1. The van der Waals surface area contributed by atoms with Crippen molar-refractivity contribution in [2.24, 2.45) is 22.7 Å². The lowest BCUT2D eigenvalue weighted by atomic mass is 9.46. The minimum Gasteiger partial charge on any atom is -0.508 e. The van der Waals surface area contributed by atoms with Crippen LogP contribution in [0.15, 0.2) is 55.1 Å². The van der Waals surface area contributed by atoms with Crippen molar-refractivity contribution in [3.8, 4) is 5.75 Å². The first-order valence-corrected chi connectivity index (χ1v) is 12.2. The quantitative estimate of drug-likeness (QED) is 0.270. The first-order valence-electron chi connectivity index (χ1n) is 12.2. The average Bonchev–Trinajstić information content (AvgIpc) is 2.76. The highest BCUT2D eigenvalue weighted by Crippen LogP contribution is 2.62. The number of aromatic hydroxyl groups is 1. The number of rotatable bonds is 8. The molecule has 2 aliphatic carbocycles. The van der Waals surface area contributed by atoms with Gasteiger partial charge >= 0.3 is 5.97 Å². The van der Waals surface area contributed by atoms with E-state index in [1.54, 1.807) is 36.4 Å². The molecule has 0 aliphatic heterocycles. The van der Waals surface area contributed by atoms with Crippen molar-refractivity contribution in [1.29, 1.82) is 0 Å². The zero-order chi connectivity index (χ0) is 24.3. The van der Waals surface area contributed by atoms with Gasteiger partial charge in [0, 0.05) is 11.5 Å². The van der Waals surface area contributed by atoms with Gasteiger partial charge in [-0.1, -0.05) is 50.6 Å². The summed E-state index contributed by atoms with van der Waals surface area (Å²) < 4.78 is 5.77. The number of carbonyl (C=O) groups is 1. The zero-order valence-corrected chi connectivity index (χ0v) is 20.5. The summed E-state index contributed by atoms with van der Waals surface area (Å²) in [6.45, 7) is 15.1. The van der Waals surface area contributed by atoms with E-state index in [-0.39, 0.29) is 22.5 Å². The van der Waals surface area contributed by atoms with E-state index >= 15 is 0 Å². The second kappa shape index (κ2) is 9.89. The number of fused-ring (bicyclic) bond motifs is 1.